The van der Waals surface area contributed by atoms with E-state index in [4.69, 9.17) is 5.73 Å². The van der Waals surface area contributed by atoms with Crippen molar-refractivity contribution in [3.63, 3.8) is 0 Å². The van der Waals surface area contributed by atoms with Gasteiger partial charge in [-0.3, -0.25) is 4.79 Å². The lowest BCUT2D eigenvalue weighted by molar-refractivity contribution is 0.0925. The SMILES string of the molecule is NCC(NC(=O)c1ncccc1O)C1CC1. The molecule has 0 spiro atoms. The van der Waals surface area contributed by atoms with Crippen LogP contribution >= 0.6 is 0 Å². The molecule has 0 aliphatic heterocycles. The van der Waals surface area contributed by atoms with Crippen LogP contribution in [0, 0.1) is 5.92 Å². The summed E-state index contributed by atoms with van der Waals surface area (Å²) >= 11 is 0. The highest BCUT2D eigenvalue weighted by Crippen LogP contribution is 2.32. The number of carbonyl (C=O) groups excluding carboxylic acids is 1. The molecule has 1 aromatic rings. The van der Waals surface area contributed by atoms with E-state index in [2.05, 4.69) is 10.3 Å². The Hall–Kier alpha value is -1.62. The smallest absolute Gasteiger partial charge is 0.274 e. The first-order valence-corrected chi connectivity index (χ1v) is 5.37. The minimum Gasteiger partial charge on any atom is -0.505 e. The van der Waals surface area contributed by atoms with E-state index in [9.17, 15) is 9.90 Å². The van der Waals surface area contributed by atoms with Gasteiger partial charge in [-0.2, -0.15) is 0 Å². The van der Waals surface area contributed by atoms with Gasteiger partial charge >= 0.3 is 0 Å². The number of rotatable bonds is 4. The van der Waals surface area contributed by atoms with Crippen molar-refractivity contribution >= 4 is 5.91 Å². The lowest BCUT2D eigenvalue weighted by Crippen LogP contribution is -2.42. The zero-order valence-corrected chi connectivity index (χ0v) is 8.89. The number of amides is 1. The van der Waals surface area contributed by atoms with Crippen LogP contribution in [0.4, 0.5) is 0 Å². The van der Waals surface area contributed by atoms with Gasteiger partial charge in [0.15, 0.2) is 5.69 Å². The van der Waals surface area contributed by atoms with Crippen molar-refractivity contribution in [2.45, 2.75) is 18.9 Å². The van der Waals surface area contributed by atoms with Gasteiger partial charge in [-0.05, 0) is 30.9 Å². The number of aromatic nitrogens is 1. The third-order valence-electron chi connectivity index (χ3n) is 2.76. The third-order valence-corrected chi connectivity index (χ3v) is 2.76. The van der Waals surface area contributed by atoms with E-state index in [0.29, 0.717) is 12.5 Å². The van der Waals surface area contributed by atoms with E-state index in [1.54, 1.807) is 6.07 Å². The Balaban J connectivity index is 2.04. The van der Waals surface area contributed by atoms with Gasteiger partial charge < -0.3 is 16.2 Å². The molecular weight excluding hydrogens is 206 g/mol. The molecule has 1 aromatic heterocycles. The fourth-order valence-corrected chi connectivity index (χ4v) is 1.68. The van der Waals surface area contributed by atoms with Crippen molar-refractivity contribution < 1.29 is 9.90 Å². The molecule has 1 unspecified atom stereocenters. The van der Waals surface area contributed by atoms with Crippen LogP contribution in [0.5, 0.6) is 5.75 Å². The highest BCUT2D eigenvalue weighted by atomic mass is 16.3. The van der Waals surface area contributed by atoms with E-state index < -0.39 is 0 Å². The molecule has 86 valence electrons. The topological polar surface area (TPSA) is 88.2 Å². The van der Waals surface area contributed by atoms with Crippen LogP contribution in [0.25, 0.3) is 0 Å². The number of pyridine rings is 1. The van der Waals surface area contributed by atoms with Crippen LogP contribution in [-0.2, 0) is 0 Å². The normalized spacial score (nSPS) is 16.8. The number of hydrogen-bond acceptors (Lipinski definition) is 4. The summed E-state index contributed by atoms with van der Waals surface area (Å²) in [6, 6.07) is 3.01. The van der Waals surface area contributed by atoms with Crippen molar-refractivity contribution in [1.82, 2.24) is 10.3 Å². The van der Waals surface area contributed by atoms with Crippen LogP contribution in [0.1, 0.15) is 23.3 Å². The maximum Gasteiger partial charge on any atom is 0.274 e. The lowest BCUT2D eigenvalue weighted by Gasteiger charge is -2.15. The molecule has 2 rings (SSSR count). The van der Waals surface area contributed by atoms with E-state index in [-0.39, 0.29) is 23.4 Å². The molecule has 5 nitrogen and oxygen atoms in total. The molecule has 0 bridgehead atoms. The monoisotopic (exact) mass is 221 g/mol. The Morgan fingerprint density at radius 3 is 3.00 bits per heavy atom. The number of nitrogens with zero attached hydrogens (tertiary/aromatic N) is 1. The van der Waals surface area contributed by atoms with Gasteiger partial charge in [0.1, 0.15) is 5.75 Å². The maximum atomic E-state index is 11.8. The predicted molar refractivity (Wildman–Crippen MR) is 58.9 cm³/mol. The summed E-state index contributed by atoms with van der Waals surface area (Å²) in [5.74, 6) is 0.0202. The van der Waals surface area contributed by atoms with Crippen LogP contribution in [0.3, 0.4) is 0 Å². The molecule has 1 atom stereocenters. The number of aromatic hydroxyl groups is 1. The Bertz CT molecular complexity index is 391. The molecule has 1 aliphatic rings. The van der Waals surface area contributed by atoms with Crippen LogP contribution < -0.4 is 11.1 Å². The Morgan fingerprint density at radius 2 is 2.44 bits per heavy atom. The van der Waals surface area contributed by atoms with Gasteiger partial charge in [-0.15, -0.1) is 0 Å². The molecule has 5 heteroatoms. The van der Waals surface area contributed by atoms with Gasteiger partial charge in [-0.25, -0.2) is 4.98 Å². The van der Waals surface area contributed by atoms with E-state index in [1.165, 1.54) is 12.3 Å². The second kappa shape index (κ2) is 4.49. The number of nitrogens with one attached hydrogen (secondary N) is 1. The van der Waals surface area contributed by atoms with E-state index >= 15 is 0 Å². The summed E-state index contributed by atoms with van der Waals surface area (Å²) < 4.78 is 0. The quantitative estimate of drug-likeness (QED) is 0.680. The first-order chi connectivity index (χ1) is 7.72. The van der Waals surface area contributed by atoms with Crippen molar-refractivity contribution in [2.75, 3.05) is 6.54 Å². The highest BCUT2D eigenvalue weighted by molar-refractivity contribution is 5.94. The van der Waals surface area contributed by atoms with Crippen molar-refractivity contribution in [3.8, 4) is 5.75 Å². The highest BCUT2D eigenvalue weighted by Gasteiger charge is 2.31. The molecule has 1 aliphatic carbocycles. The zero-order valence-electron chi connectivity index (χ0n) is 8.89. The van der Waals surface area contributed by atoms with Crippen LogP contribution in [-0.4, -0.2) is 28.6 Å². The number of carbonyl (C=O) groups is 1. The third kappa shape index (κ3) is 2.30. The van der Waals surface area contributed by atoms with Gasteiger partial charge in [0, 0.05) is 18.8 Å². The standard InChI is InChI=1S/C11H15N3O2/c12-6-8(7-3-4-7)14-11(16)10-9(15)2-1-5-13-10/h1-2,5,7-8,15H,3-4,6,12H2,(H,14,16). The molecule has 0 radical (unpaired) electrons. The summed E-state index contributed by atoms with van der Waals surface area (Å²) in [5, 5.41) is 12.3. The molecule has 1 amide bonds. The number of hydrogen-bond donors (Lipinski definition) is 3. The van der Waals surface area contributed by atoms with Crippen molar-refractivity contribution in [3.05, 3.63) is 24.0 Å². The Morgan fingerprint density at radius 1 is 1.69 bits per heavy atom. The van der Waals surface area contributed by atoms with Gasteiger partial charge in [0.2, 0.25) is 0 Å². The maximum absolute atomic E-state index is 11.8. The summed E-state index contributed by atoms with van der Waals surface area (Å²) in [4.78, 5) is 15.6. The summed E-state index contributed by atoms with van der Waals surface area (Å²) in [6.45, 7) is 0.421. The molecule has 1 saturated carbocycles. The van der Waals surface area contributed by atoms with Crippen LogP contribution in [0.15, 0.2) is 18.3 Å². The molecule has 4 N–H and O–H groups in total. The average Bonchev–Trinajstić information content (AvgIpc) is 3.10. The molecule has 0 aromatic carbocycles. The molecule has 1 heterocycles. The second-order valence-electron chi connectivity index (χ2n) is 4.02. The predicted octanol–water partition coefficient (Wildman–Crippen LogP) is 0.254. The average molecular weight is 221 g/mol. The minimum absolute atomic E-state index is 0.00564. The molecule has 16 heavy (non-hydrogen) atoms. The molecule has 0 saturated heterocycles. The summed E-state index contributed by atoms with van der Waals surface area (Å²) in [5.41, 5.74) is 5.64. The van der Waals surface area contributed by atoms with Gasteiger partial charge in [0.25, 0.3) is 5.91 Å². The minimum atomic E-state index is -0.361. The largest absolute Gasteiger partial charge is 0.505 e. The molecule has 1 fully saturated rings. The first-order valence-electron chi connectivity index (χ1n) is 5.37. The van der Waals surface area contributed by atoms with Crippen LogP contribution in [0.2, 0.25) is 0 Å². The first kappa shape index (κ1) is 10.9. The molecular formula is C11H15N3O2. The van der Waals surface area contributed by atoms with Crippen molar-refractivity contribution in [2.24, 2.45) is 11.7 Å². The van der Waals surface area contributed by atoms with E-state index in [1.807, 2.05) is 0 Å². The Labute approximate surface area is 93.7 Å². The second-order valence-corrected chi connectivity index (χ2v) is 4.02. The Kier molecular flexibility index (Phi) is 3.05. The van der Waals surface area contributed by atoms with Gasteiger partial charge in [0.05, 0.1) is 0 Å². The lowest BCUT2D eigenvalue weighted by atomic mass is 10.2. The zero-order chi connectivity index (χ0) is 11.5. The van der Waals surface area contributed by atoms with Crippen molar-refractivity contribution in [1.29, 1.82) is 0 Å². The van der Waals surface area contributed by atoms with Gasteiger partial charge in [-0.1, -0.05) is 0 Å². The van der Waals surface area contributed by atoms with E-state index in [0.717, 1.165) is 12.8 Å². The number of nitrogens with two attached hydrogens (primary N) is 1. The fourth-order valence-electron chi connectivity index (χ4n) is 1.68. The summed E-state index contributed by atoms with van der Waals surface area (Å²) in [6.07, 6.45) is 3.69. The summed E-state index contributed by atoms with van der Waals surface area (Å²) in [7, 11) is 0. The fraction of sp³-hybridized carbons (Fsp3) is 0.455.